The lowest BCUT2D eigenvalue weighted by molar-refractivity contribution is -0.138. The third-order valence-electron chi connectivity index (χ3n) is 6.04. The first-order valence-electron chi connectivity index (χ1n) is 10.2. The summed E-state index contributed by atoms with van der Waals surface area (Å²) in [5.41, 5.74) is 4.04. The van der Waals surface area contributed by atoms with Crippen molar-refractivity contribution in [3.63, 3.8) is 0 Å². The minimum atomic E-state index is -0.773. The lowest BCUT2D eigenvalue weighted by Crippen LogP contribution is -2.33. The van der Waals surface area contributed by atoms with E-state index in [1.165, 1.54) is 5.56 Å². The van der Waals surface area contributed by atoms with Gasteiger partial charge in [-0.1, -0.05) is 26.8 Å². The Balaban J connectivity index is 1.96. The summed E-state index contributed by atoms with van der Waals surface area (Å²) in [4.78, 5) is 26.2. The van der Waals surface area contributed by atoms with Crippen LogP contribution in [0.4, 0.5) is 5.69 Å². The Morgan fingerprint density at radius 3 is 2.40 bits per heavy atom. The zero-order chi connectivity index (χ0) is 22.1. The molecule has 1 aliphatic carbocycles. The van der Waals surface area contributed by atoms with Crippen molar-refractivity contribution in [3.05, 3.63) is 64.7 Å². The molecule has 30 heavy (non-hydrogen) atoms. The summed E-state index contributed by atoms with van der Waals surface area (Å²) in [6.07, 6.45) is 1.82. The van der Waals surface area contributed by atoms with Crippen molar-refractivity contribution in [2.45, 2.75) is 46.0 Å². The monoisotopic (exact) mass is 404 g/mol. The van der Waals surface area contributed by atoms with Gasteiger partial charge in [0.25, 0.3) is 5.91 Å². The molecule has 2 aromatic carbocycles. The fourth-order valence-electron chi connectivity index (χ4n) is 4.69. The first-order chi connectivity index (χ1) is 14.1. The Morgan fingerprint density at radius 2 is 1.83 bits per heavy atom. The van der Waals surface area contributed by atoms with Crippen LogP contribution in [0.15, 0.2) is 42.5 Å². The van der Waals surface area contributed by atoms with E-state index in [0.717, 1.165) is 18.4 Å². The zero-order valence-electron chi connectivity index (χ0n) is 18.0. The Kier molecular flexibility index (Phi) is 5.98. The fourth-order valence-corrected chi connectivity index (χ4v) is 4.69. The number of nitrogens with zero attached hydrogens (tertiary/aromatic N) is 2. The van der Waals surface area contributed by atoms with Crippen molar-refractivity contribution < 1.29 is 14.7 Å². The van der Waals surface area contributed by atoms with Crippen LogP contribution in [-0.2, 0) is 11.2 Å². The normalized spacial score (nSPS) is 18.2. The smallest absolute Gasteiger partial charge is 0.303 e. The average molecular weight is 405 g/mol. The molecule has 0 bridgehead atoms. The number of aliphatic carboxylic acids is 1. The highest BCUT2D eigenvalue weighted by Gasteiger charge is 2.38. The molecule has 2 aromatic rings. The van der Waals surface area contributed by atoms with Gasteiger partial charge >= 0.3 is 5.97 Å². The van der Waals surface area contributed by atoms with Gasteiger partial charge in [0.2, 0.25) is 0 Å². The maximum Gasteiger partial charge on any atom is 0.303 e. The van der Waals surface area contributed by atoms with Gasteiger partial charge < -0.3 is 10.0 Å². The van der Waals surface area contributed by atoms with Crippen molar-refractivity contribution in [2.24, 2.45) is 11.3 Å². The molecular formula is C25H28N2O3. The van der Waals surface area contributed by atoms with Crippen LogP contribution in [0.25, 0.3) is 0 Å². The first-order valence-corrected chi connectivity index (χ1v) is 10.2. The van der Waals surface area contributed by atoms with Crippen LogP contribution < -0.4 is 4.90 Å². The molecule has 156 valence electrons. The molecule has 5 heteroatoms. The maximum atomic E-state index is 13.2. The van der Waals surface area contributed by atoms with Crippen LogP contribution in [-0.4, -0.2) is 24.0 Å². The van der Waals surface area contributed by atoms with E-state index in [2.05, 4.69) is 26.8 Å². The topological polar surface area (TPSA) is 81.4 Å². The summed E-state index contributed by atoms with van der Waals surface area (Å²) in [5.74, 6) is -0.775. The highest BCUT2D eigenvalue weighted by Crippen LogP contribution is 2.48. The zero-order valence-corrected chi connectivity index (χ0v) is 18.0. The van der Waals surface area contributed by atoms with Crippen molar-refractivity contribution >= 4 is 17.6 Å². The summed E-state index contributed by atoms with van der Waals surface area (Å²) in [6.45, 7) is 6.41. The molecule has 0 saturated heterocycles. The molecule has 2 unspecified atom stereocenters. The molecular weight excluding hydrogens is 376 g/mol. The Labute approximate surface area is 177 Å². The second kappa shape index (κ2) is 8.31. The number of carboxylic acid groups (broad SMARTS) is 1. The molecule has 0 saturated carbocycles. The van der Waals surface area contributed by atoms with Crippen molar-refractivity contribution in [1.82, 2.24) is 0 Å². The Morgan fingerprint density at radius 1 is 1.17 bits per heavy atom. The van der Waals surface area contributed by atoms with Gasteiger partial charge in [-0.15, -0.1) is 0 Å². The third-order valence-corrected chi connectivity index (χ3v) is 6.04. The summed E-state index contributed by atoms with van der Waals surface area (Å²) in [6, 6.07) is 14.8. The number of amides is 1. The van der Waals surface area contributed by atoms with E-state index >= 15 is 0 Å². The number of hydrogen-bond donors (Lipinski definition) is 1. The molecule has 0 heterocycles. The van der Waals surface area contributed by atoms with Crippen molar-refractivity contribution in [1.29, 1.82) is 5.26 Å². The molecule has 2 atom stereocenters. The summed E-state index contributed by atoms with van der Waals surface area (Å²) in [7, 11) is 1.72. The molecule has 0 radical (unpaired) electrons. The molecule has 1 amide bonds. The maximum absolute atomic E-state index is 13.2. The fraction of sp³-hybridized carbons (Fsp3) is 0.400. The number of fused-ring (bicyclic) bond motifs is 1. The SMILES string of the molecule is CN(C(=O)c1ccc2c(c1)C(C(C)(C)C)C(CC(=O)O)CC2)c1ccc(C#N)cc1. The van der Waals surface area contributed by atoms with Gasteiger partial charge in [-0.05, 0) is 77.6 Å². The third kappa shape index (κ3) is 4.38. The van der Waals surface area contributed by atoms with E-state index in [1.807, 2.05) is 18.2 Å². The Bertz CT molecular complexity index is 997. The summed E-state index contributed by atoms with van der Waals surface area (Å²) in [5, 5.41) is 18.4. The van der Waals surface area contributed by atoms with E-state index in [9.17, 15) is 14.7 Å². The summed E-state index contributed by atoms with van der Waals surface area (Å²) < 4.78 is 0. The number of rotatable bonds is 4. The number of carbonyl (C=O) groups is 2. The van der Waals surface area contributed by atoms with E-state index in [4.69, 9.17) is 5.26 Å². The number of carboxylic acids is 1. The van der Waals surface area contributed by atoms with Gasteiger partial charge in [0.15, 0.2) is 0 Å². The molecule has 0 fully saturated rings. The largest absolute Gasteiger partial charge is 0.481 e. The van der Waals surface area contributed by atoms with Crippen LogP contribution in [0.3, 0.4) is 0 Å². The van der Waals surface area contributed by atoms with Gasteiger partial charge in [0.05, 0.1) is 11.6 Å². The molecule has 0 aliphatic heterocycles. The van der Waals surface area contributed by atoms with Crippen LogP contribution >= 0.6 is 0 Å². The lowest BCUT2D eigenvalue weighted by Gasteiger charge is -2.41. The highest BCUT2D eigenvalue weighted by molar-refractivity contribution is 6.06. The summed E-state index contributed by atoms with van der Waals surface area (Å²) >= 11 is 0. The molecule has 0 spiro atoms. The molecule has 1 N–H and O–H groups in total. The number of carbonyl (C=O) groups excluding carboxylic acids is 1. The van der Waals surface area contributed by atoms with Gasteiger partial charge in [0, 0.05) is 24.7 Å². The van der Waals surface area contributed by atoms with Crippen LogP contribution in [0, 0.1) is 22.7 Å². The number of hydrogen-bond acceptors (Lipinski definition) is 3. The molecule has 3 rings (SSSR count). The average Bonchev–Trinajstić information content (AvgIpc) is 2.70. The quantitative estimate of drug-likeness (QED) is 0.777. The van der Waals surface area contributed by atoms with E-state index in [0.29, 0.717) is 16.8 Å². The number of aryl methyl sites for hydroxylation is 1. The minimum Gasteiger partial charge on any atom is -0.481 e. The lowest BCUT2D eigenvalue weighted by atomic mass is 9.63. The van der Waals surface area contributed by atoms with Crippen molar-refractivity contribution in [2.75, 3.05) is 11.9 Å². The van der Waals surface area contributed by atoms with Crippen LogP contribution in [0.1, 0.15) is 66.6 Å². The Hall–Kier alpha value is -3.13. The predicted molar refractivity (Wildman–Crippen MR) is 117 cm³/mol. The van der Waals surface area contributed by atoms with Crippen molar-refractivity contribution in [3.8, 4) is 6.07 Å². The number of anilines is 1. The second-order valence-electron chi connectivity index (χ2n) is 9.18. The first kappa shape index (κ1) is 21.6. The standard InChI is InChI=1S/C25H28N2O3/c1-25(2,3)23-18(14-22(28)29)9-7-17-8-10-19(13-21(17)23)24(30)27(4)20-11-5-16(15-26)6-12-20/h5-6,8,10-13,18,23H,7,9,14H2,1-4H3,(H,28,29). The molecule has 0 aromatic heterocycles. The molecule has 5 nitrogen and oxygen atoms in total. The molecule has 1 aliphatic rings. The minimum absolute atomic E-state index is 0.0524. The van der Waals surface area contributed by atoms with E-state index in [1.54, 1.807) is 36.2 Å². The highest BCUT2D eigenvalue weighted by atomic mass is 16.4. The van der Waals surface area contributed by atoms with Gasteiger partial charge in [-0.2, -0.15) is 5.26 Å². The number of nitriles is 1. The van der Waals surface area contributed by atoms with Crippen LogP contribution in [0.5, 0.6) is 0 Å². The van der Waals surface area contributed by atoms with Gasteiger partial charge in [0.1, 0.15) is 0 Å². The van der Waals surface area contributed by atoms with Gasteiger partial charge in [-0.25, -0.2) is 0 Å². The van der Waals surface area contributed by atoms with Gasteiger partial charge in [-0.3, -0.25) is 9.59 Å². The predicted octanol–water partition coefficient (Wildman–Crippen LogP) is 5.00. The van der Waals surface area contributed by atoms with Crippen LogP contribution in [0.2, 0.25) is 0 Å². The van der Waals surface area contributed by atoms with E-state index < -0.39 is 5.97 Å². The second-order valence-corrected chi connectivity index (χ2v) is 9.18. The number of benzene rings is 2. The van der Waals surface area contributed by atoms with E-state index in [-0.39, 0.29) is 29.6 Å².